The molecule has 0 atom stereocenters. The van der Waals surface area contributed by atoms with Gasteiger partial charge in [-0.3, -0.25) is 4.79 Å². The largest absolute Gasteiger partial charge is 0.489 e. The van der Waals surface area contributed by atoms with E-state index in [0.717, 1.165) is 5.56 Å². The van der Waals surface area contributed by atoms with E-state index in [-0.39, 0.29) is 30.5 Å². The number of aromatic nitrogens is 3. The Kier molecular flexibility index (Phi) is 3.83. The minimum atomic E-state index is -0.511. The van der Waals surface area contributed by atoms with Crippen LogP contribution in [0.5, 0.6) is 5.75 Å². The zero-order valence-corrected chi connectivity index (χ0v) is 14.3. The first-order valence-corrected chi connectivity index (χ1v) is 8.11. The van der Waals surface area contributed by atoms with Crippen LogP contribution in [0.15, 0.2) is 24.4 Å². The Bertz CT molecular complexity index is 1020. The summed E-state index contributed by atoms with van der Waals surface area (Å²) in [7, 11) is 1.73. The van der Waals surface area contributed by atoms with Gasteiger partial charge in [0, 0.05) is 13.1 Å². The molecule has 0 unspecified atom stereocenters. The zero-order valence-electron chi connectivity index (χ0n) is 14.3. The summed E-state index contributed by atoms with van der Waals surface area (Å²) in [4.78, 5) is 16.9. The Labute approximate surface area is 148 Å². The third-order valence-electron chi connectivity index (χ3n) is 4.06. The molecule has 8 nitrogen and oxygen atoms in total. The molecule has 1 aromatic carbocycles. The summed E-state index contributed by atoms with van der Waals surface area (Å²) in [6.45, 7) is 2.22. The van der Waals surface area contributed by atoms with E-state index in [2.05, 4.69) is 26.0 Å². The third kappa shape index (κ3) is 2.67. The smallest absolute Gasteiger partial charge is 0.256 e. The molecule has 0 radical (unpaired) electrons. The quantitative estimate of drug-likeness (QED) is 0.618. The van der Waals surface area contributed by atoms with Crippen molar-refractivity contribution < 1.29 is 13.9 Å². The Morgan fingerprint density at radius 2 is 2.19 bits per heavy atom. The predicted molar refractivity (Wildman–Crippen MR) is 94.8 cm³/mol. The van der Waals surface area contributed by atoms with Gasteiger partial charge in [-0.05, 0) is 24.6 Å². The van der Waals surface area contributed by atoms with Crippen molar-refractivity contribution >= 4 is 28.9 Å². The van der Waals surface area contributed by atoms with Crippen LogP contribution in [0, 0.1) is 12.7 Å². The van der Waals surface area contributed by atoms with Gasteiger partial charge in [0.1, 0.15) is 23.8 Å². The number of hydrogen-bond acceptors (Lipinski definition) is 6. The summed E-state index contributed by atoms with van der Waals surface area (Å²) < 4.78 is 21.8. The van der Waals surface area contributed by atoms with Gasteiger partial charge < -0.3 is 20.7 Å². The number of halogens is 1. The lowest BCUT2D eigenvalue weighted by Crippen LogP contribution is -2.28. The predicted octanol–water partition coefficient (Wildman–Crippen LogP) is 2.08. The minimum absolute atomic E-state index is 0.124. The molecule has 3 heterocycles. The van der Waals surface area contributed by atoms with E-state index in [0.29, 0.717) is 22.8 Å². The summed E-state index contributed by atoms with van der Waals surface area (Å²) in [5, 5.41) is 12.9. The molecule has 1 aliphatic heterocycles. The van der Waals surface area contributed by atoms with Gasteiger partial charge >= 0.3 is 0 Å². The Hall–Kier alpha value is -3.36. The highest BCUT2D eigenvalue weighted by molar-refractivity contribution is 6.00. The van der Waals surface area contributed by atoms with Gasteiger partial charge in [0.2, 0.25) is 0 Å². The van der Waals surface area contributed by atoms with Crippen molar-refractivity contribution in [3.63, 3.8) is 0 Å². The van der Waals surface area contributed by atoms with E-state index >= 15 is 0 Å². The molecule has 0 aliphatic carbocycles. The number of carbonyl (C=O) groups excluding carboxylic acids is 1. The number of nitrogens with one attached hydrogen (secondary N) is 3. The average Bonchev–Trinajstić information content (AvgIpc) is 3.04. The number of fused-ring (bicyclic) bond motifs is 3. The van der Waals surface area contributed by atoms with E-state index in [1.807, 2.05) is 6.92 Å². The average molecular weight is 356 g/mol. The Morgan fingerprint density at radius 1 is 1.35 bits per heavy atom. The van der Waals surface area contributed by atoms with E-state index in [4.69, 9.17) is 4.74 Å². The molecule has 2 aromatic heterocycles. The van der Waals surface area contributed by atoms with E-state index in [9.17, 15) is 9.18 Å². The topological polar surface area (TPSA) is 92.6 Å². The maximum Gasteiger partial charge on any atom is 0.256 e. The molecule has 0 fully saturated rings. The SMILES string of the molecule is CNc1cc2nc3c(cnn13)C(=O)NCCOc1cc(C)cc(c1F)N2. The van der Waals surface area contributed by atoms with Gasteiger partial charge in [0.15, 0.2) is 17.2 Å². The molecule has 4 rings (SSSR count). The van der Waals surface area contributed by atoms with Crippen LogP contribution in [0.25, 0.3) is 5.65 Å². The van der Waals surface area contributed by atoms with Gasteiger partial charge in [-0.15, -0.1) is 0 Å². The summed E-state index contributed by atoms with van der Waals surface area (Å²) in [6, 6.07) is 4.98. The van der Waals surface area contributed by atoms with Crippen LogP contribution < -0.4 is 20.7 Å². The van der Waals surface area contributed by atoms with Crippen molar-refractivity contribution in [1.82, 2.24) is 19.9 Å². The van der Waals surface area contributed by atoms with Crippen molar-refractivity contribution in [2.24, 2.45) is 0 Å². The van der Waals surface area contributed by atoms with Crippen LogP contribution >= 0.6 is 0 Å². The van der Waals surface area contributed by atoms with Gasteiger partial charge in [-0.25, -0.2) is 9.37 Å². The molecule has 3 aromatic rings. The highest BCUT2D eigenvalue weighted by Gasteiger charge is 2.19. The number of amides is 1. The van der Waals surface area contributed by atoms with Gasteiger partial charge in [-0.1, -0.05) is 0 Å². The number of nitrogens with zero attached hydrogens (tertiary/aromatic N) is 3. The molecule has 1 aliphatic rings. The third-order valence-corrected chi connectivity index (χ3v) is 4.06. The minimum Gasteiger partial charge on any atom is -0.489 e. The molecule has 134 valence electrons. The lowest BCUT2D eigenvalue weighted by atomic mass is 10.2. The van der Waals surface area contributed by atoms with Crippen molar-refractivity contribution in [1.29, 1.82) is 0 Å². The molecule has 26 heavy (non-hydrogen) atoms. The first kappa shape index (κ1) is 16.1. The monoisotopic (exact) mass is 356 g/mol. The van der Waals surface area contributed by atoms with Crippen molar-refractivity contribution in [3.05, 3.63) is 41.3 Å². The van der Waals surface area contributed by atoms with E-state index < -0.39 is 5.82 Å². The van der Waals surface area contributed by atoms with Crippen LogP contribution in [0.2, 0.25) is 0 Å². The Balaban J connectivity index is 1.92. The molecule has 0 spiro atoms. The fraction of sp³-hybridized carbons (Fsp3) is 0.235. The number of hydrogen-bond donors (Lipinski definition) is 3. The zero-order chi connectivity index (χ0) is 18.3. The van der Waals surface area contributed by atoms with Crippen LogP contribution in [0.3, 0.4) is 0 Å². The summed E-state index contributed by atoms with van der Waals surface area (Å²) in [5.74, 6) is 0.279. The second-order valence-electron chi connectivity index (χ2n) is 5.92. The first-order chi connectivity index (χ1) is 12.6. The number of anilines is 3. The molecule has 4 bridgehead atoms. The molecule has 0 saturated heterocycles. The molecule has 1 amide bonds. The van der Waals surface area contributed by atoms with E-state index in [1.54, 1.807) is 25.2 Å². The molecule has 0 saturated carbocycles. The second kappa shape index (κ2) is 6.17. The van der Waals surface area contributed by atoms with Crippen LogP contribution in [-0.4, -0.2) is 40.7 Å². The highest BCUT2D eigenvalue weighted by atomic mass is 19.1. The lowest BCUT2D eigenvalue weighted by Gasteiger charge is -2.13. The van der Waals surface area contributed by atoms with Gasteiger partial charge in [0.05, 0.1) is 18.4 Å². The number of rotatable bonds is 1. The highest BCUT2D eigenvalue weighted by Crippen LogP contribution is 2.30. The fourth-order valence-electron chi connectivity index (χ4n) is 2.86. The molecule has 3 N–H and O–H groups in total. The maximum atomic E-state index is 14.8. The number of carbonyl (C=O) groups is 1. The van der Waals surface area contributed by atoms with Crippen molar-refractivity contribution in [2.75, 3.05) is 30.8 Å². The summed E-state index contributed by atoms with van der Waals surface area (Å²) in [5.41, 5.74) is 1.78. The lowest BCUT2D eigenvalue weighted by molar-refractivity contribution is 0.0948. The van der Waals surface area contributed by atoms with Crippen LogP contribution in [-0.2, 0) is 0 Å². The summed E-state index contributed by atoms with van der Waals surface area (Å²) in [6.07, 6.45) is 1.45. The standard InChI is InChI=1S/C17H17FN6O2/c1-9-5-11-15(18)12(6-9)26-4-3-20-17(25)10-8-21-24-14(19-2)7-13(22-11)23-16(10)24/h5-8,19H,3-4H2,1-2H3,(H,20,25)(H,22,23). The number of aryl methyl sites for hydroxylation is 1. The first-order valence-electron chi connectivity index (χ1n) is 8.11. The van der Waals surface area contributed by atoms with Gasteiger partial charge in [-0.2, -0.15) is 9.61 Å². The number of benzene rings is 1. The molecule has 9 heteroatoms. The number of ether oxygens (including phenoxy) is 1. The van der Waals surface area contributed by atoms with Crippen LogP contribution in [0.4, 0.5) is 21.7 Å². The fourth-order valence-corrected chi connectivity index (χ4v) is 2.86. The van der Waals surface area contributed by atoms with Crippen LogP contribution in [0.1, 0.15) is 15.9 Å². The molecular weight excluding hydrogens is 339 g/mol. The molecular formula is C17H17FN6O2. The summed E-state index contributed by atoms with van der Waals surface area (Å²) >= 11 is 0. The normalized spacial score (nSPS) is 13.9. The second-order valence-corrected chi connectivity index (χ2v) is 5.92. The van der Waals surface area contributed by atoms with Crippen molar-refractivity contribution in [3.8, 4) is 5.75 Å². The van der Waals surface area contributed by atoms with Crippen molar-refractivity contribution in [2.45, 2.75) is 6.92 Å². The van der Waals surface area contributed by atoms with Gasteiger partial charge in [0.25, 0.3) is 5.91 Å². The maximum absolute atomic E-state index is 14.8. The van der Waals surface area contributed by atoms with E-state index in [1.165, 1.54) is 10.7 Å². The Morgan fingerprint density at radius 3 is 3.00 bits per heavy atom.